The van der Waals surface area contributed by atoms with Crippen molar-refractivity contribution in [1.82, 2.24) is 39.5 Å². The zero-order valence-corrected chi connectivity index (χ0v) is 28.2. The molecule has 3 aromatic heterocycles. The van der Waals surface area contributed by atoms with Crippen LogP contribution in [-0.2, 0) is 11.3 Å². The van der Waals surface area contributed by atoms with Crippen molar-refractivity contribution in [3.05, 3.63) is 83.0 Å². The number of likely N-dealkylation sites (tertiary alicyclic amines) is 2. The molecule has 1 N–H and O–H groups in total. The quantitative estimate of drug-likeness (QED) is 0.270. The summed E-state index contributed by atoms with van der Waals surface area (Å²) in [6, 6.07) is 8.61. The van der Waals surface area contributed by atoms with Gasteiger partial charge in [0.1, 0.15) is 6.04 Å². The first-order valence-electron chi connectivity index (χ1n) is 17.3. The summed E-state index contributed by atoms with van der Waals surface area (Å²) in [4.78, 5) is 47.6. The normalized spacial score (nSPS) is 23.2. The van der Waals surface area contributed by atoms with Crippen LogP contribution in [0.2, 0.25) is 0 Å². The smallest absolute Gasteiger partial charge is 0.336 e. The average Bonchev–Trinajstić information content (AvgIpc) is 3.80. The fourth-order valence-corrected chi connectivity index (χ4v) is 8.24. The fourth-order valence-electron chi connectivity index (χ4n) is 8.24. The van der Waals surface area contributed by atoms with Gasteiger partial charge in [-0.25, -0.2) is 4.79 Å². The van der Waals surface area contributed by atoms with Gasteiger partial charge in [0.15, 0.2) is 5.82 Å². The Morgan fingerprint density at radius 1 is 1.06 bits per heavy atom. The van der Waals surface area contributed by atoms with E-state index in [1.165, 1.54) is 31.9 Å². The molecule has 49 heavy (non-hydrogen) atoms. The van der Waals surface area contributed by atoms with Gasteiger partial charge in [-0.05, 0) is 49.3 Å². The van der Waals surface area contributed by atoms with Crippen LogP contribution in [0, 0.1) is 16.7 Å². The second-order valence-corrected chi connectivity index (χ2v) is 15.3. The van der Waals surface area contributed by atoms with Crippen molar-refractivity contribution in [3.63, 3.8) is 0 Å². The molecule has 2 aliphatic heterocycles. The lowest BCUT2D eigenvalue weighted by Gasteiger charge is -2.50. The van der Waals surface area contributed by atoms with Crippen molar-refractivity contribution in [2.45, 2.75) is 77.3 Å². The van der Waals surface area contributed by atoms with Gasteiger partial charge >= 0.3 is 5.97 Å². The van der Waals surface area contributed by atoms with Gasteiger partial charge in [0, 0.05) is 55.8 Å². The van der Waals surface area contributed by atoms with Crippen LogP contribution in [0.5, 0.6) is 0 Å². The number of hydrogen-bond acceptors (Lipinski definition) is 8. The first kappa shape index (κ1) is 31.5. The van der Waals surface area contributed by atoms with Crippen molar-refractivity contribution in [2.75, 3.05) is 26.2 Å². The molecule has 8 rings (SSSR count). The Bertz CT molecular complexity index is 1910. The predicted octanol–water partition coefficient (Wildman–Crippen LogP) is 4.59. The predicted molar refractivity (Wildman–Crippen MR) is 176 cm³/mol. The molecule has 2 saturated heterocycles. The Morgan fingerprint density at radius 2 is 1.80 bits per heavy atom. The van der Waals surface area contributed by atoms with Crippen LogP contribution in [0.15, 0.2) is 53.4 Å². The van der Waals surface area contributed by atoms with Crippen molar-refractivity contribution in [1.29, 1.82) is 0 Å². The van der Waals surface area contributed by atoms with Gasteiger partial charge in [-0.3, -0.25) is 19.0 Å². The van der Waals surface area contributed by atoms with Gasteiger partial charge in [-0.1, -0.05) is 50.0 Å². The number of benzene rings is 1. The highest BCUT2D eigenvalue weighted by Crippen LogP contribution is 2.55. The third-order valence-electron chi connectivity index (χ3n) is 11.5. The van der Waals surface area contributed by atoms with E-state index in [1.807, 2.05) is 22.7 Å². The van der Waals surface area contributed by atoms with Gasteiger partial charge in [-0.2, -0.15) is 15.2 Å². The Hall–Kier alpha value is -4.81. The second kappa shape index (κ2) is 11.7. The lowest BCUT2D eigenvalue weighted by Crippen LogP contribution is -2.62. The van der Waals surface area contributed by atoms with Crippen molar-refractivity contribution in [3.8, 4) is 0 Å². The molecule has 13 heteroatoms. The summed E-state index contributed by atoms with van der Waals surface area (Å²) < 4.78 is 9.32. The van der Waals surface area contributed by atoms with Crippen molar-refractivity contribution >= 4 is 17.8 Å². The third-order valence-corrected chi connectivity index (χ3v) is 11.5. The molecule has 0 radical (unpaired) electrons. The summed E-state index contributed by atoms with van der Waals surface area (Å²) in [5.74, 6) is 0.324. The molecule has 2 saturated carbocycles. The second-order valence-electron chi connectivity index (χ2n) is 15.3. The van der Waals surface area contributed by atoms with E-state index in [9.17, 15) is 19.5 Å². The Labute approximate surface area is 284 Å². The first-order chi connectivity index (χ1) is 23.5. The average molecular weight is 667 g/mol. The van der Waals surface area contributed by atoms with E-state index in [0.717, 1.165) is 12.1 Å². The maximum Gasteiger partial charge on any atom is 0.336 e. The lowest BCUT2D eigenvalue weighted by atomic mass is 9.71. The molecule has 4 aliphatic rings. The van der Waals surface area contributed by atoms with Gasteiger partial charge in [-0.15, -0.1) is 0 Å². The third kappa shape index (κ3) is 5.62. The largest absolute Gasteiger partial charge is 0.478 e. The number of carbonyl (C=O) groups is 3. The van der Waals surface area contributed by atoms with E-state index < -0.39 is 11.4 Å². The van der Waals surface area contributed by atoms with Crippen molar-refractivity contribution < 1.29 is 24.0 Å². The van der Waals surface area contributed by atoms with Crippen LogP contribution in [0.3, 0.4) is 0 Å². The Balaban J connectivity index is 1.02. The summed E-state index contributed by atoms with van der Waals surface area (Å²) >= 11 is 0. The number of hydrogen-bond donors (Lipinski definition) is 1. The zero-order chi connectivity index (χ0) is 34.1. The highest BCUT2D eigenvalue weighted by Gasteiger charge is 2.61. The Morgan fingerprint density at radius 3 is 2.53 bits per heavy atom. The molecule has 0 bridgehead atoms. The number of carboxylic acids is 1. The molecule has 5 heterocycles. The van der Waals surface area contributed by atoms with Gasteiger partial charge in [0.25, 0.3) is 11.8 Å². The number of aromatic nitrogens is 6. The minimum atomic E-state index is -1.01. The minimum Gasteiger partial charge on any atom is -0.478 e. The highest BCUT2D eigenvalue weighted by atomic mass is 16.5. The molecule has 13 nitrogen and oxygen atoms in total. The number of carboxylic acid groups (broad SMARTS) is 1. The van der Waals surface area contributed by atoms with Gasteiger partial charge in [0.05, 0.1) is 35.5 Å². The van der Waals surface area contributed by atoms with E-state index in [-0.39, 0.29) is 47.2 Å². The summed E-state index contributed by atoms with van der Waals surface area (Å²) in [6.45, 7) is 8.36. The fraction of sp³-hybridized carbons (Fsp3) is 0.528. The number of aromatic carboxylic acids is 1. The van der Waals surface area contributed by atoms with Crippen LogP contribution in [-0.4, -0.2) is 88.6 Å². The molecular weight excluding hydrogens is 624 g/mol. The standard InChI is InChI=1S/C36H42N8O5/c1-22(44-13-12-29(39-44)23-8-4-5-9-23)31-38-30(40-49-31)28-18-41(19-36(28)20-42(21-36)33(46)27-14-35(27,2)3)32(45)25-15-37-43(17-25)16-24-10-6-7-11-26(24)34(47)48/h6-7,10-13,15,17,22-23,27-28H,4-5,8-9,14,16,18-21H2,1-3H3,(H,47,48)/t22?,27-,28?/m1/s1. The molecule has 1 aromatic carbocycles. The number of rotatable bonds is 9. The molecule has 4 aromatic rings. The summed E-state index contributed by atoms with van der Waals surface area (Å²) in [5.41, 5.74) is 1.96. The number of nitrogens with zero attached hydrogens (tertiary/aromatic N) is 8. The zero-order valence-electron chi connectivity index (χ0n) is 28.2. The molecule has 2 unspecified atom stereocenters. The van der Waals surface area contributed by atoms with E-state index in [1.54, 1.807) is 40.0 Å². The highest BCUT2D eigenvalue weighted by molar-refractivity contribution is 5.94. The maximum atomic E-state index is 13.9. The molecule has 1 spiro atoms. The molecule has 256 valence electrons. The van der Waals surface area contributed by atoms with E-state index in [4.69, 9.17) is 14.6 Å². The number of amides is 2. The minimum absolute atomic E-state index is 0.0326. The SMILES string of the molecule is CC(c1nc(C2CN(C(=O)c3cnn(Cc4ccccc4C(=O)O)c3)CC23CN(C(=O)[C@H]2CC2(C)C)C3)no1)n1ccc(C2CCCC2)n1. The van der Waals surface area contributed by atoms with Gasteiger partial charge in [0.2, 0.25) is 5.91 Å². The molecular formula is C36H42N8O5. The van der Waals surface area contributed by atoms with Crippen LogP contribution in [0.25, 0.3) is 0 Å². The summed E-state index contributed by atoms with van der Waals surface area (Å²) in [6.07, 6.45) is 10.9. The summed E-state index contributed by atoms with van der Waals surface area (Å²) in [5, 5.41) is 23.3. The molecule has 3 atom stereocenters. The maximum absolute atomic E-state index is 13.9. The first-order valence-corrected chi connectivity index (χ1v) is 17.3. The van der Waals surface area contributed by atoms with Crippen molar-refractivity contribution in [2.24, 2.45) is 16.7 Å². The van der Waals surface area contributed by atoms with E-state index in [2.05, 4.69) is 30.2 Å². The van der Waals surface area contributed by atoms with Crippen LogP contribution in [0.1, 0.15) is 114 Å². The topological polar surface area (TPSA) is 152 Å². The van der Waals surface area contributed by atoms with Crippen LogP contribution < -0.4 is 0 Å². The Kier molecular flexibility index (Phi) is 7.49. The lowest BCUT2D eigenvalue weighted by molar-refractivity contribution is -0.145. The number of carbonyl (C=O) groups excluding carboxylic acids is 2. The van der Waals surface area contributed by atoms with Crippen LogP contribution in [0.4, 0.5) is 0 Å². The molecule has 2 amide bonds. The van der Waals surface area contributed by atoms with Gasteiger partial charge < -0.3 is 19.4 Å². The monoisotopic (exact) mass is 666 g/mol. The van der Waals surface area contributed by atoms with Crippen LogP contribution >= 0.6 is 0 Å². The summed E-state index contributed by atoms with van der Waals surface area (Å²) in [7, 11) is 0. The van der Waals surface area contributed by atoms with E-state index in [0.29, 0.717) is 54.9 Å². The van der Waals surface area contributed by atoms with E-state index >= 15 is 0 Å². The molecule has 2 aliphatic carbocycles. The molecule has 4 fully saturated rings.